The molecule has 0 spiro atoms. The van der Waals surface area contributed by atoms with Gasteiger partial charge in [-0.25, -0.2) is 4.39 Å². The molecule has 94 valence electrons. The first-order chi connectivity index (χ1) is 8.15. The number of benzene rings is 1. The van der Waals surface area contributed by atoms with Crippen LogP contribution in [0, 0.1) is 5.82 Å². The molecule has 1 aliphatic rings. The Balaban J connectivity index is 2.02. The zero-order valence-electron chi connectivity index (χ0n) is 10.2. The van der Waals surface area contributed by atoms with Crippen LogP contribution in [-0.4, -0.2) is 48.1 Å². The summed E-state index contributed by atoms with van der Waals surface area (Å²) in [5, 5.41) is 9.68. The molecule has 0 amide bonds. The lowest BCUT2D eigenvalue weighted by atomic mass is 10.2. The highest BCUT2D eigenvalue weighted by molar-refractivity contribution is 5.32. The molecule has 2 rings (SSSR count). The van der Waals surface area contributed by atoms with Gasteiger partial charge in [-0.3, -0.25) is 4.90 Å². The molecule has 1 aliphatic heterocycles. The number of rotatable bonds is 2. The van der Waals surface area contributed by atoms with Gasteiger partial charge in [0.05, 0.1) is 0 Å². The van der Waals surface area contributed by atoms with Crippen molar-refractivity contribution in [3.8, 4) is 5.75 Å². The van der Waals surface area contributed by atoms with Gasteiger partial charge in [-0.1, -0.05) is 0 Å². The minimum absolute atomic E-state index is 0.184. The van der Waals surface area contributed by atoms with Gasteiger partial charge in [-0.05, 0) is 44.8 Å². The molecule has 0 radical (unpaired) electrons. The van der Waals surface area contributed by atoms with E-state index in [1.54, 1.807) is 0 Å². The quantitative estimate of drug-likeness (QED) is 0.849. The first-order valence-electron chi connectivity index (χ1n) is 6.03. The Morgan fingerprint density at radius 2 is 2.06 bits per heavy atom. The van der Waals surface area contributed by atoms with Crippen molar-refractivity contribution < 1.29 is 9.50 Å². The molecule has 0 unspecified atom stereocenters. The number of nitrogens with zero attached hydrogens (tertiary/aromatic N) is 2. The molecule has 17 heavy (non-hydrogen) atoms. The van der Waals surface area contributed by atoms with Crippen LogP contribution in [0.15, 0.2) is 18.2 Å². The second-order valence-electron chi connectivity index (χ2n) is 4.71. The summed E-state index contributed by atoms with van der Waals surface area (Å²) in [5.41, 5.74) is 0.676. The average Bonchev–Trinajstić information content (AvgIpc) is 2.49. The summed E-state index contributed by atoms with van der Waals surface area (Å²) in [6, 6.07) is 4.13. The molecule has 0 aliphatic carbocycles. The van der Waals surface area contributed by atoms with Crippen LogP contribution in [-0.2, 0) is 6.54 Å². The van der Waals surface area contributed by atoms with Crippen molar-refractivity contribution in [1.82, 2.24) is 9.80 Å². The molecule has 1 N–H and O–H groups in total. The maximum atomic E-state index is 13.1. The van der Waals surface area contributed by atoms with E-state index in [1.165, 1.54) is 18.2 Å². The number of hydrogen-bond donors (Lipinski definition) is 1. The zero-order chi connectivity index (χ0) is 12.3. The monoisotopic (exact) mass is 238 g/mol. The lowest BCUT2D eigenvalue weighted by Crippen LogP contribution is -2.28. The summed E-state index contributed by atoms with van der Waals surface area (Å²) in [6.45, 7) is 4.71. The Morgan fingerprint density at radius 3 is 2.88 bits per heavy atom. The molecule has 0 bridgehead atoms. The Labute approximate surface area is 101 Å². The van der Waals surface area contributed by atoms with Gasteiger partial charge < -0.3 is 10.0 Å². The van der Waals surface area contributed by atoms with Gasteiger partial charge in [-0.15, -0.1) is 0 Å². The van der Waals surface area contributed by atoms with E-state index in [2.05, 4.69) is 16.8 Å². The van der Waals surface area contributed by atoms with E-state index in [4.69, 9.17) is 0 Å². The predicted molar refractivity (Wildman–Crippen MR) is 65.5 cm³/mol. The smallest absolute Gasteiger partial charge is 0.123 e. The third-order valence-corrected chi connectivity index (χ3v) is 3.25. The van der Waals surface area contributed by atoms with Crippen molar-refractivity contribution in [2.45, 2.75) is 13.0 Å². The highest BCUT2D eigenvalue weighted by atomic mass is 19.1. The van der Waals surface area contributed by atoms with Crippen molar-refractivity contribution >= 4 is 0 Å². The third kappa shape index (κ3) is 3.41. The Bertz CT molecular complexity index is 384. The molecular formula is C13H19FN2O. The summed E-state index contributed by atoms with van der Waals surface area (Å²) in [6.07, 6.45) is 1.12. The Hall–Kier alpha value is -1.13. The topological polar surface area (TPSA) is 26.7 Å². The highest BCUT2D eigenvalue weighted by Crippen LogP contribution is 2.20. The van der Waals surface area contributed by atoms with Crippen LogP contribution < -0.4 is 0 Å². The van der Waals surface area contributed by atoms with Gasteiger partial charge in [0.15, 0.2) is 0 Å². The molecular weight excluding hydrogens is 219 g/mol. The van der Waals surface area contributed by atoms with Crippen LogP contribution in [0.2, 0.25) is 0 Å². The predicted octanol–water partition coefficient (Wildman–Crippen LogP) is 1.67. The number of halogens is 1. The van der Waals surface area contributed by atoms with Crippen LogP contribution in [0.3, 0.4) is 0 Å². The van der Waals surface area contributed by atoms with E-state index in [0.29, 0.717) is 12.1 Å². The summed E-state index contributed by atoms with van der Waals surface area (Å²) < 4.78 is 13.1. The standard InChI is InChI=1S/C13H19FN2O/c1-15-5-2-6-16(8-7-15)10-11-9-12(14)3-4-13(11)17/h3-4,9,17H,2,5-8,10H2,1H3. The van der Waals surface area contributed by atoms with Gasteiger partial charge in [-0.2, -0.15) is 0 Å². The Morgan fingerprint density at radius 1 is 1.24 bits per heavy atom. The highest BCUT2D eigenvalue weighted by Gasteiger charge is 2.14. The SMILES string of the molecule is CN1CCCN(Cc2cc(F)ccc2O)CC1. The molecule has 0 saturated carbocycles. The van der Waals surface area contributed by atoms with E-state index >= 15 is 0 Å². The molecule has 0 atom stereocenters. The van der Waals surface area contributed by atoms with Gasteiger partial charge in [0.25, 0.3) is 0 Å². The van der Waals surface area contributed by atoms with Crippen molar-refractivity contribution in [3.63, 3.8) is 0 Å². The number of hydrogen-bond acceptors (Lipinski definition) is 3. The van der Waals surface area contributed by atoms with Gasteiger partial charge in [0.2, 0.25) is 0 Å². The third-order valence-electron chi connectivity index (χ3n) is 3.25. The van der Waals surface area contributed by atoms with Crippen molar-refractivity contribution in [1.29, 1.82) is 0 Å². The molecule has 1 saturated heterocycles. The summed E-state index contributed by atoms with van der Waals surface area (Å²) in [5.74, 6) is -0.103. The minimum Gasteiger partial charge on any atom is -0.508 e. The molecule has 1 fully saturated rings. The van der Waals surface area contributed by atoms with Gasteiger partial charge in [0.1, 0.15) is 11.6 Å². The molecule has 1 aromatic rings. The first kappa shape index (κ1) is 12.3. The van der Waals surface area contributed by atoms with Crippen LogP contribution in [0.25, 0.3) is 0 Å². The summed E-state index contributed by atoms with van der Waals surface area (Å²) >= 11 is 0. The molecule has 1 heterocycles. The maximum Gasteiger partial charge on any atom is 0.123 e. The van der Waals surface area contributed by atoms with E-state index in [1.807, 2.05) is 0 Å². The number of phenols is 1. The second-order valence-corrected chi connectivity index (χ2v) is 4.71. The maximum absolute atomic E-state index is 13.1. The average molecular weight is 238 g/mol. The molecule has 3 nitrogen and oxygen atoms in total. The van der Waals surface area contributed by atoms with E-state index in [0.717, 1.165) is 32.6 Å². The number of likely N-dealkylation sites (N-methyl/N-ethyl adjacent to an activating group) is 1. The van der Waals surface area contributed by atoms with Crippen molar-refractivity contribution in [2.75, 3.05) is 33.2 Å². The minimum atomic E-state index is -0.287. The lowest BCUT2D eigenvalue weighted by molar-refractivity contribution is 0.265. The van der Waals surface area contributed by atoms with E-state index in [9.17, 15) is 9.50 Å². The normalized spacial score (nSPS) is 19.2. The molecule has 0 aromatic heterocycles. The fraction of sp³-hybridized carbons (Fsp3) is 0.538. The van der Waals surface area contributed by atoms with Gasteiger partial charge in [0, 0.05) is 25.2 Å². The molecule has 1 aromatic carbocycles. The number of aromatic hydroxyl groups is 1. The fourth-order valence-electron chi connectivity index (χ4n) is 2.18. The van der Waals surface area contributed by atoms with E-state index < -0.39 is 0 Å². The largest absolute Gasteiger partial charge is 0.508 e. The van der Waals surface area contributed by atoms with Crippen molar-refractivity contribution in [2.24, 2.45) is 0 Å². The molecule has 4 heteroatoms. The van der Waals surface area contributed by atoms with E-state index in [-0.39, 0.29) is 11.6 Å². The summed E-state index contributed by atoms with van der Waals surface area (Å²) in [7, 11) is 2.11. The fourth-order valence-corrected chi connectivity index (χ4v) is 2.18. The van der Waals surface area contributed by atoms with Crippen molar-refractivity contribution in [3.05, 3.63) is 29.6 Å². The van der Waals surface area contributed by atoms with Crippen LogP contribution in [0.5, 0.6) is 5.75 Å². The van der Waals surface area contributed by atoms with Crippen LogP contribution in [0.1, 0.15) is 12.0 Å². The first-order valence-corrected chi connectivity index (χ1v) is 6.03. The van der Waals surface area contributed by atoms with Crippen LogP contribution >= 0.6 is 0 Å². The van der Waals surface area contributed by atoms with Crippen LogP contribution in [0.4, 0.5) is 4.39 Å². The zero-order valence-corrected chi connectivity index (χ0v) is 10.2. The lowest BCUT2D eigenvalue weighted by Gasteiger charge is -2.20. The Kier molecular flexibility index (Phi) is 3.97. The summed E-state index contributed by atoms with van der Waals surface area (Å²) in [4.78, 5) is 4.56. The van der Waals surface area contributed by atoms with Gasteiger partial charge >= 0.3 is 0 Å². The number of phenolic OH excluding ortho intramolecular Hbond substituents is 1. The second kappa shape index (κ2) is 5.47.